The molecule has 2 aromatic rings. The van der Waals surface area contributed by atoms with E-state index in [1.165, 1.54) is 37.1 Å². The van der Waals surface area contributed by atoms with Crippen molar-refractivity contribution in [3.05, 3.63) is 71.8 Å². The summed E-state index contributed by atoms with van der Waals surface area (Å²) < 4.78 is 5.83. The number of nitrogens with zero attached hydrogens (tertiary/aromatic N) is 3. The van der Waals surface area contributed by atoms with Gasteiger partial charge in [0.15, 0.2) is 0 Å². The number of carbonyl (C=O) groups excluding carboxylic acids is 1. The molecule has 0 aliphatic carbocycles. The van der Waals surface area contributed by atoms with Gasteiger partial charge in [-0.2, -0.15) is 0 Å². The highest BCUT2D eigenvalue weighted by Crippen LogP contribution is 2.30. The zero-order valence-electron chi connectivity index (χ0n) is 22.8. The quantitative estimate of drug-likeness (QED) is 0.333. The molecule has 0 radical (unpaired) electrons. The molecule has 1 N–H and O–H groups in total. The monoisotopic (exact) mass is 519 g/mol. The van der Waals surface area contributed by atoms with Crippen LogP contribution < -0.4 is 0 Å². The summed E-state index contributed by atoms with van der Waals surface area (Å²) in [7, 11) is 0. The van der Waals surface area contributed by atoms with Gasteiger partial charge < -0.3 is 14.7 Å². The summed E-state index contributed by atoms with van der Waals surface area (Å²) >= 11 is 0. The Morgan fingerprint density at radius 1 is 0.842 bits per heavy atom. The number of carbonyl (C=O) groups is 1. The van der Waals surface area contributed by atoms with Crippen LogP contribution in [-0.4, -0.2) is 83.3 Å². The van der Waals surface area contributed by atoms with E-state index in [4.69, 9.17) is 4.74 Å². The minimum Gasteiger partial charge on any atom is -0.461 e. The van der Waals surface area contributed by atoms with Gasteiger partial charge >= 0.3 is 5.97 Å². The van der Waals surface area contributed by atoms with Crippen molar-refractivity contribution in [1.82, 2.24) is 14.7 Å². The second-order valence-corrected chi connectivity index (χ2v) is 11.6. The van der Waals surface area contributed by atoms with E-state index < -0.39 is 0 Å². The first-order chi connectivity index (χ1) is 18.6. The second-order valence-electron chi connectivity index (χ2n) is 11.6. The number of hydrogen-bond donors (Lipinski definition) is 1. The molecule has 6 nitrogen and oxygen atoms in total. The smallest absolute Gasteiger partial charge is 0.306 e. The van der Waals surface area contributed by atoms with Crippen molar-refractivity contribution in [2.45, 2.75) is 76.3 Å². The van der Waals surface area contributed by atoms with Crippen LogP contribution in [-0.2, 0) is 22.6 Å². The standard InChI is InChI=1S/C32H45N3O3/c36-30-24-33(18-9-3-8-14-32(37)38-31-25-34-19-15-28(31)16-20-34)21-17-29(30)35(22-26-10-4-1-5-11-26)23-27-12-6-2-7-13-27/h1-2,4-7,10-13,28-31,36H,3,8-9,14-25H2/t29-,30+,31+/m1/s1. The van der Waals surface area contributed by atoms with Gasteiger partial charge in [-0.1, -0.05) is 67.1 Å². The maximum absolute atomic E-state index is 12.4. The Morgan fingerprint density at radius 2 is 1.50 bits per heavy atom. The van der Waals surface area contributed by atoms with E-state index in [2.05, 4.69) is 75.4 Å². The van der Waals surface area contributed by atoms with Gasteiger partial charge in [0.05, 0.1) is 6.10 Å². The minimum atomic E-state index is -0.368. The van der Waals surface area contributed by atoms with Crippen LogP contribution in [0.4, 0.5) is 0 Å². The van der Waals surface area contributed by atoms with Crippen LogP contribution in [0.25, 0.3) is 0 Å². The zero-order valence-corrected chi connectivity index (χ0v) is 22.8. The molecule has 3 atom stereocenters. The van der Waals surface area contributed by atoms with Crippen LogP contribution >= 0.6 is 0 Å². The molecule has 0 saturated carbocycles. The number of likely N-dealkylation sites (tertiary alicyclic amines) is 1. The van der Waals surface area contributed by atoms with Crippen molar-refractivity contribution in [3.63, 3.8) is 0 Å². The van der Waals surface area contributed by atoms with Crippen LogP contribution in [0.1, 0.15) is 56.1 Å². The fraction of sp³-hybridized carbons (Fsp3) is 0.594. The van der Waals surface area contributed by atoms with Gasteiger partial charge in [-0.3, -0.25) is 14.6 Å². The lowest BCUT2D eigenvalue weighted by Gasteiger charge is -2.43. The van der Waals surface area contributed by atoms with Gasteiger partial charge in [0.2, 0.25) is 0 Å². The first kappa shape index (κ1) is 27.3. The molecular weight excluding hydrogens is 474 g/mol. The van der Waals surface area contributed by atoms with Crippen LogP contribution in [0.15, 0.2) is 60.7 Å². The molecule has 38 heavy (non-hydrogen) atoms. The van der Waals surface area contributed by atoms with E-state index in [9.17, 15) is 9.90 Å². The average Bonchev–Trinajstić information content (AvgIpc) is 2.94. The number of unbranched alkanes of at least 4 members (excludes halogenated alkanes) is 2. The number of esters is 1. The average molecular weight is 520 g/mol. The number of piperidine rings is 4. The van der Waals surface area contributed by atoms with E-state index in [0.29, 0.717) is 18.9 Å². The summed E-state index contributed by atoms with van der Waals surface area (Å²) in [6.07, 6.45) is 6.58. The fourth-order valence-corrected chi connectivity index (χ4v) is 6.59. The van der Waals surface area contributed by atoms with E-state index >= 15 is 0 Å². The molecule has 6 rings (SSSR count). The van der Waals surface area contributed by atoms with Crippen LogP contribution in [0, 0.1) is 5.92 Å². The molecule has 4 fully saturated rings. The highest BCUT2D eigenvalue weighted by molar-refractivity contribution is 5.69. The van der Waals surface area contributed by atoms with Crippen molar-refractivity contribution < 1.29 is 14.6 Å². The topological polar surface area (TPSA) is 56.3 Å². The molecular formula is C32H45N3O3. The Morgan fingerprint density at radius 3 is 2.08 bits per heavy atom. The summed E-state index contributed by atoms with van der Waals surface area (Å²) in [5, 5.41) is 11.2. The Hall–Kier alpha value is -2.25. The zero-order chi connectivity index (χ0) is 26.2. The number of ether oxygens (including phenoxy) is 1. The number of benzene rings is 2. The first-order valence-electron chi connectivity index (χ1n) is 14.8. The molecule has 0 aromatic heterocycles. The Kier molecular flexibility index (Phi) is 9.85. The SMILES string of the molecule is O=C(CCCCCN1CC[C@@H](N(Cc2ccccc2)Cc2ccccc2)[C@@H](O)C1)O[C@H]1CN2CCC1CC2. The maximum atomic E-state index is 12.4. The first-order valence-corrected chi connectivity index (χ1v) is 14.8. The molecule has 2 bridgehead atoms. The third kappa shape index (κ3) is 7.66. The van der Waals surface area contributed by atoms with Crippen LogP contribution in [0.3, 0.4) is 0 Å². The van der Waals surface area contributed by atoms with Crippen molar-refractivity contribution in [2.75, 3.05) is 39.3 Å². The maximum Gasteiger partial charge on any atom is 0.306 e. The molecule has 4 saturated heterocycles. The molecule has 206 valence electrons. The molecule has 0 unspecified atom stereocenters. The molecule has 4 heterocycles. The summed E-state index contributed by atoms with van der Waals surface area (Å²) in [6, 6.07) is 21.3. The minimum absolute atomic E-state index is 0.0167. The summed E-state index contributed by atoms with van der Waals surface area (Å²) in [4.78, 5) is 19.6. The third-order valence-corrected chi connectivity index (χ3v) is 8.79. The number of hydrogen-bond acceptors (Lipinski definition) is 6. The van der Waals surface area contributed by atoms with E-state index in [-0.39, 0.29) is 24.2 Å². The highest BCUT2D eigenvalue weighted by atomic mass is 16.5. The van der Waals surface area contributed by atoms with Crippen molar-refractivity contribution in [1.29, 1.82) is 0 Å². The van der Waals surface area contributed by atoms with Gasteiger partial charge in [0, 0.05) is 38.6 Å². The van der Waals surface area contributed by atoms with Gasteiger partial charge in [-0.05, 0) is 75.3 Å². The highest BCUT2D eigenvalue weighted by Gasteiger charge is 2.36. The Balaban J connectivity index is 1.03. The molecule has 0 spiro atoms. The van der Waals surface area contributed by atoms with Gasteiger partial charge in [0.1, 0.15) is 6.10 Å². The summed E-state index contributed by atoms with van der Waals surface area (Å²) in [5.74, 6) is 0.562. The van der Waals surface area contributed by atoms with Crippen molar-refractivity contribution in [2.24, 2.45) is 5.92 Å². The lowest BCUT2D eigenvalue weighted by molar-refractivity contribution is -0.158. The fourth-order valence-electron chi connectivity index (χ4n) is 6.59. The normalized spacial score (nSPS) is 27.5. The number of β-amino-alcohol motifs (C(OH)–C–C–N with tert-alkyl or cyclic N) is 1. The molecule has 0 amide bonds. The number of rotatable bonds is 12. The van der Waals surface area contributed by atoms with Gasteiger partial charge in [0.25, 0.3) is 0 Å². The Labute approximate surface area is 228 Å². The number of aliphatic hydroxyl groups excluding tert-OH is 1. The van der Waals surface area contributed by atoms with Crippen LogP contribution in [0.5, 0.6) is 0 Å². The summed E-state index contributed by atoms with van der Waals surface area (Å²) in [5.41, 5.74) is 2.56. The second kappa shape index (κ2) is 13.7. The number of aliphatic hydroxyl groups is 1. The van der Waals surface area contributed by atoms with E-state index in [1.54, 1.807) is 0 Å². The number of fused-ring (bicyclic) bond motifs is 3. The third-order valence-electron chi connectivity index (χ3n) is 8.79. The molecule has 2 aromatic carbocycles. The predicted molar refractivity (Wildman–Crippen MR) is 150 cm³/mol. The van der Waals surface area contributed by atoms with Crippen molar-refractivity contribution in [3.8, 4) is 0 Å². The lowest BCUT2D eigenvalue weighted by Crippen LogP contribution is -2.53. The summed E-state index contributed by atoms with van der Waals surface area (Å²) in [6.45, 7) is 7.65. The molecule has 4 aliphatic heterocycles. The van der Waals surface area contributed by atoms with E-state index in [0.717, 1.165) is 58.4 Å². The van der Waals surface area contributed by atoms with Gasteiger partial charge in [-0.15, -0.1) is 0 Å². The van der Waals surface area contributed by atoms with Gasteiger partial charge in [-0.25, -0.2) is 0 Å². The lowest BCUT2D eigenvalue weighted by atomic mass is 9.86. The predicted octanol–water partition coefficient (Wildman–Crippen LogP) is 4.32. The molecule has 6 heteroatoms. The molecule has 4 aliphatic rings. The largest absolute Gasteiger partial charge is 0.461 e. The van der Waals surface area contributed by atoms with Crippen LogP contribution in [0.2, 0.25) is 0 Å². The van der Waals surface area contributed by atoms with E-state index in [1.807, 2.05) is 0 Å². The van der Waals surface area contributed by atoms with Crippen molar-refractivity contribution >= 4 is 5.97 Å². The Bertz CT molecular complexity index is 938.